The van der Waals surface area contributed by atoms with Crippen molar-refractivity contribution in [2.45, 2.75) is 17.9 Å². The third-order valence-corrected chi connectivity index (χ3v) is 4.12. The van der Waals surface area contributed by atoms with Crippen molar-refractivity contribution in [3.8, 4) is 0 Å². The summed E-state index contributed by atoms with van der Waals surface area (Å²) in [5, 5.41) is 0. The Balaban J connectivity index is 1.88. The second kappa shape index (κ2) is 3.97. The fourth-order valence-electron chi connectivity index (χ4n) is 2.46. The van der Waals surface area contributed by atoms with Gasteiger partial charge in [-0.3, -0.25) is 0 Å². The summed E-state index contributed by atoms with van der Waals surface area (Å²) >= 11 is 3.46. The summed E-state index contributed by atoms with van der Waals surface area (Å²) in [4.78, 5) is 0. The van der Waals surface area contributed by atoms with E-state index in [0.717, 1.165) is 10.9 Å². The van der Waals surface area contributed by atoms with E-state index in [1.54, 1.807) is 0 Å². The van der Waals surface area contributed by atoms with Crippen molar-refractivity contribution in [3.05, 3.63) is 70.2 Å². The van der Waals surface area contributed by atoms with Crippen LogP contribution in [0.15, 0.2) is 59.1 Å². The molecule has 86 valence electrons. The lowest BCUT2D eigenvalue weighted by molar-refractivity contribution is 0.706. The van der Waals surface area contributed by atoms with Gasteiger partial charge in [-0.2, -0.15) is 0 Å². The Morgan fingerprint density at radius 2 is 1.65 bits per heavy atom. The van der Waals surface area contributed by atoms with Gasteiger partial charge in [-0.25, -0.2) is 0 Å². The molecule has 0 heterocycles. The van der Waals surface area contributed by atoms with Gasteiger partial charge in [0.05, 0.1) is 0 Å². The van der Waals surface area contributed by atoms with Gasteiger partial charge in [-0.1, -0.05) is 58.4 Å². The molecule has 0 bridgehead atoms. The minimum Gasteiger partial charge on any atom is -0.321 e. The molecule has 0 aromatic heterocycles. The van der Waals surface area contributed by atoms with Crippen molar-refractivity contribution < 1.29 is 0 Å². The summed E-state index contributed by atoms with van der Waals surface area (Å²) in [6.45, 7) is 0. The fraction of sp³-hybridized carbons (Fsp3) is 0.200. The van der Waals surface area contributed by atoms with Gasteiger partial charge in [0.2, 0.25) is 0 Å². The molecular weight excluding hydrogens is 274 g/mol. The summed E-state index contributed by atoms with van der Waals surface area (Å²) in [5.74, 6) is 0.456. The largest absolute Gasteiger partial charge is 0.321 e. The Labute approximate surface area is 110 Å². The van der Waals surface area contributed by atoms with Crippen molar-refractivity contribution in [1.82, 2.24) is 0 Å². The molecule has 2 heteroatoms. The molecule has 1 saturated carbocycles. The van der Waals surface area contributed by atoms with E-state index >= 15 is 0 Å². The Bertz CT molecular complexity index is 520. The zero-order valence-electron chi connectivity index (χ0n) is 9.44. The third-order valence-electron chi connectivity index (χ3n) is 3.59. The SMILES string of the molecule is N[C@]1(c2ccccc2)C[C@@H]1c1ccc(Br)cc1. The Hall–Kier alpha value is -1.12. The molecule has 0 radical (unpaired) electrons. The van der Waals surface area contributed by atoms with Gasteiger partial charge in [0, 0.05) is 15.9 Å². The monoisotopic (exact) mass is 287 g/mol. The summed E-state index contributed by atoms with van der Waals surface area (Å²) < 4.78 is 1.12. The molecule has 17 heavy (non-hydrogen) atoms. The average molecular weight is 288 g/mol. The third kappa shape index (κ3) is 1.92. The molecule has 0 saturated heterocycles. The lowest BCUT2D eigenvalue weighted by Crippen LogP contribution is -2.21. The number of nitrogens with two attached hydrogens (primary N) is 1. The van der Waals surface area contributed by atoms with E-state index in [9.17, 15) is 0 Å². The molecule has 0 aliphatic heterocycles. The molecule has 1 aliphatic carbocycles. The Kier molecular flexibility index (Phi) is 2.57. The lowest BCUT2D eigenvalue weighted by atomic mass is 10.00. The van der Waals surface area contributed by atoms with Gasteiger partial charge in [0.1, 0.15) is 0 Å². The topological polar surface area (TPSA) is 26.0 Å². The summed E-state index contributed by atoms with van der Waals surface area (Å²) in [6, 6.07) is 18.9. The lowest BCUT2D eigenvalue weighted by Gasteiger charge is -2.12. The maximum atomic E-state index is 6.47. The second-order valence-corrected chi connectivity index (χ2v) is 5.63. The van der Waals surface area contributed by atoms with Gasteiger partial charge in [0.15, 0.2) is 0 Å². The van der Waals surface area contributed by atoms with Crippen LogP contribution in [-0.2, 0) is 5.54 Å². The highest BCUT2D eigenvalue weighted by atomic mass is 79.9. The molecule has 2 N–H and O–H groups in total. The number of hydrogen-bond acceptors (Lipinski definition) is 1. The van der Waals surface area contributed by atoms with Crippen LogP contribution >= 0.6 is 15.9 Å². The van der Waals surface area contributed by atoms with Gasteiger partial charge in [-0.05, 0) is 29.7 Å². The van der Waals surface area contributed by atoms with Crippen molar-refractivity contribution >= 4 is 15.9 Å². The zero-order valence-corrected chi connectivity index (χ0v) is 11.0. The first kappa shape index (κ1) is 11.0. The van der Waals surface area contributed by atoms with Crippen LogP contribution in [0.2, 0.25) is 0 Å². The van der Waals surface area contributed by atoms with Crippen LogP contribution in [0.5, 0.6) is 0 Å². The van der Waals surface area contributed by atoms with E-state index in [0.29, 0.717) is 5.92 Å². The van der Waals surface area contributed by atoms with Crippen LogP contribution in [-0.4, -0.2) is 0 Å². The molecule has 2 aromatic carbocycles. The molecular formula is C15H14BrN. The number of rotatable bonds is 2. The molecule has 0 unspecified atom stereocenters. The van der Waals surface area contributed by atoms with Crippen LogP contribution in [0.25, 0.3) is 0 Å². The van der Waals surface area contributed by atoms with Crippen LogP contribution in [0, 0.1) is 0 Å². The maximum Gasteiger partial charge on any atom is 0.0486 e. The van der Waals surface area contributed by atoms with E-state index in [-0.39, 0.29) is 5.54 Å². The standard InChI is InChI=1S/C15H14BrN/c16-13-8-6-11(7-9-13)14-10-15(14,17)12-4-2-1-3-5-12/h1-9,14H,10,17H2/t14-,15+/m1/s1. The maximum absolute atomic E-state index is 6.47. The fourth-order valence-corrected chi connectivity index (χ4v) is 2.72. The van der Waals surface area contributed by atoms with E-state index in [1.807, 2.05) is 6.07 Å². The van der Waals surface area contributed by atoms with Gasteiger partial charge in [0.25, 0.3) is 0 Å². The van der Waals surface area contributed by atoms with Crippen molar-refractivity contribution in [2.24, 2.45) is 5.73 Å². The molecule has 1 fully saturated rings. The highest BCUT2D eigenvalue weighted by Gasteiger charge is 2.52. The minimum absolute atomic E-state index is 0.158. The molecule has 1 nitrogen and oxygen atoms in total. The molecule has 1 aliphatic rings. The summed E-state index contributed by atoms with van der Waals surface area (Å²) in [5.41, 5.74) is 8.89. The first-order chi connectivity index (χ1) is 8.20. The quantitative estimate of drug-likeness (QED) is 0.894. The normalized spacial score (nSPS) is 26.8. The predicted molar refractivity (Wildman–Crippen MR) is 73.8 cm³/mol. The first-order valence-electron chi connectivity index (χ1n) is 5.80. The number of benzene rings is 2. The number of hydrogen-bond donors (Lipinski definition) is 1. The van der Waals surface area contributed by atoms with E-state index in [1.165, 1.54) is 11.1 Å². The molecule has 0 amide bonds. The first-order valence-corrected chi connectivity index (χ1v) is 6.59. The predicted octanol–water partition coefficient (Wildman–Crippen LogP) is 3.79. The average Bonchev–Trinajstić information content (AvgIpc) is 3.05. The zero-order chi connectivity index (χ0) is 11.9. The second-order valence-electron chi connectivity index (χ2n) is 4.71. The van der Waals surface area contributed by atoms with Crippen molar-refractivity contribution in [2.75, 3.05) is 0 Å². The molecule has 2 atom stereocenters. The van der Waals surface area contributed by atoms with E-state index in [4.69, 9.17) is 5.73 Å². The molecule has 2 aromatic rings. The van der Waals surface area contributed by atoms with Crippen molar-refractivity contribution in [1.29, 1.82) is 0 Å². The van der Waals surface area contributed by atoms with Gasteiger partial charge in [-0.15, -0.1) is 0 Å². The van der Waals surface area contributed by atoms with Crippen LogP contribution in [0.1, 0.15) is 23.5 Å². The molecule has 3 rings (SSSR count). The van der Waals surface area contributed by atoms with E-state index < -0.39 is 0 Å². The van der Waals surface area contributed by atoms with E-state index in [2.05, 4.69) is 64.5 Å². The Morgan fingerprint density at radius 3 is 2.29 bits per heavy atom. The Morgan fingerprint density at radius 1 is 1.00 bits per heavy atom. The highest BCUT2D eigenvalue weighted by molar-refractivity contribution is 9.10. The van der Waals surface area contributed by atoms with Crippen LogP contribution < -0.4 is 5.73 Å². The van der Waals surface area contributed by atoms with Crippen LogP contribution in [0.4, 0.5) is 0 Å². The van der Waals surface area contributed by atoms with Gasteiger partial charge >= 0.3 is 0 Å². The summed E-state index contributed by atoms with van der Waals surface area (Å²) in [6.07, 6.45) is 1.04. The van der Waals surface area contributed by atoms with Gasteiger partial charge < -0.3 is 5.73 Å². The smallest absolute Gasteiger partial charge is 0.0486 e. The highest BCUT2D eigenvalue weighted by Crippen LogP contribution is 2.56. The van der Waals surface area contributed by atoms with Crippen molar-refractivity contribution in [3.63, 3.8) is 0 Å². The minimum atomic E-state index is -0.158. The number of halogens is 1. The molecule has 0 spiro atoms. The van der Waals surface area contributed by atoms with Crippen LogP contribution in [0.3, 0.4) is 0 Å². The summed E-state index contributed by atoms with van der Waals surface area (Å²) in [7, 11) is 0.